The molecule has 0 aliphatic carbocycles. The van der Waals surface area contributed by atoms with Gasteiger partial charge < -0.3 is 15.1 Å². The summed E-state index contributed by atoms with van der Waals surface area (Å²) in [6, 6.07) is 5.97. The van der Waals surface area contributed by atoms with Gasteiger partial charge in [-0.25, -0.2) is 4.79 Å². The van der Waals surface area contributed by atoms with Gasteiger partial charge in [0, 0.05) is 6.54 Å². The topological polar surface area (TPSA) is 77.8 Å². The van der Waals surface area contributed by atoms with Crippen molar-refractivity contribution in [3.05, 3.63) is 35.4 Å². The highest BCUT2D eigenvalue weighted by molar-refractivity contribution is 6.04. The van der Waals surface area contributed by atoms with Gasteiger partial charge >= 0.3 is 5.97 Å². The molecule has 1 unspecified atom stereocenters. The van der Waals surface area contributed by atoms with E-state index in [-0.39, 0.29) is 29.7 Å². The van der Waals surface area contributed by atoms with Gasteiger partial charge in [0.2, 0.25) is 0 Å². The van der Waals surface area contributed by atoms with Gasteiger partial charge in [0.15, 0.2) is 0 Å². The molecule has 0 radical (unpaired) electrons. The van der Waals surface area contributed by atoms with Gasteiger partial charge in [-0.2, -0.15) is 0 Å². The Kier molecular flexibility index (Phi) is 3.62. The molecule has 0 aromatic heterocycles. The first-order valence-electron chi connectivity index (χ1n) is 5.89. The lowest BCUT2D eigenvalue weighted by Crippen LogP contribution is -2.38. The van der Waals surface area contributed by atoms with Crippen molar-refractivity contribution in [2.45, 2.75) is 18.9 Å². The first-order valence-corrected chi connectivity index (χ1v) is 5.89. The number of amides is 1. The maximum atomic E-state index is 12.3. The molecule has 2 N–H and O–H groups in total. The van der Waals surface area contributed by atoms with Gasteiger partial charge in [-0.3, -0.25) is 4.79 Å². The van der Waals surface area contributed by atoms with Crippen LogP contribution >= 0.6 is 0 Å². The summed E-state index contributed by atoms with van der Waals surface area (Å²) in [7, 11) is 0. The molecule has 1 saturated heterocycles. The number of aliphatic hydroxyl groups is 1. The fourth-order valence-electron chi connectivity index (χ4n) is 2.30. The van der Waals surface area contributed by atoms with Crippen LogP contribution in [0.25, 0.3) is 0 Å². The van der Waals surface area contributed by atoms with Gasteiger partial charge in [-0.15, -0.1) is 0 Å². The molecule has 1 heterocycles. The second kappa shape index (κ2) is 5.18. The Labute approximate surface area is 105 Å². The van der Waals surface area contributed by atoms with Crippen molar-refractivity contribution < 1.29 is 19.8 Å². The Morgan fingerprint density at radius 2 is 1.94 bits per heavy atom. The Bertz CT molecular complexity index is 472. The summed E-state index contributed by atoms with van der Waals surface area (Å²) in [5, 5.41) is 18.3. The third kappa shape index (κ3) is 2.22. The number of hydrogen-bond acceptors (Lipinski definition) is 3. The largest absolute Gasteiger partial charge is 0.478 e. The number of hydrogen-bond donors (Lipinski definition) is 2. The maximum Gasteiger partial charge on any atom is 0.336 e. The molecule has 5 nitrogen and oxygen atoms in total. The minimum Gasteiger partial charge on any atom is -0.478 e. The average Bonchev–Trinajstić information content (AvgIpc) is 2.86. The molecular weight excluding hydrogens is 234 g/mol. The zero-order valence-electron chi connectivity index (χ0n) is 9.87. The van der Waals surface area contributed by atoms with Crippen LogP contribution in [0.15, 0.2) is 24.3 Å². The van der Waals surface area contributed by atoms with Crippen molar-refractivity contribution in [2.24, 2.45) is 0 Å². The van der Waals surface area contributed by atoms with Gasteiger partial charge in [0.05, 0.1) is 23.8 Å². The zero-order valence-corrected chi connectivity index (χ0v) is 9.87. The molecule has 96 valence electrons. The zero-order chi connectivity index (χ0) is 13.1. The fraction of sp³-hybridized carbons (Fsp3) is 0.385. The fourth-order valence-corrected chi connectivity index (χ4v) is 2.30. The maximum absolute atomic E-state index is 12.3. The standard InChI is InChI=1S/C13H15NO4/c15-8-9-4-3-7-14(9)12(16)10-5-1-2-6-11(10)13(17)18/h1-2,5-6,9,15H,3-4,7-8H2,(H,17,18). The summed E-state index contributed by atoms with van der Waals surface area (Å²) in [5.41, 5.74) is 0.191. The van der Waals surface area contributed by atoms with E-state index in [1.54, 1.807) is 17.0 Å². The molecule has 1 fully saturated rings. The highest BCUT2D eigenvalue weighted by atomic mass is 16.4. The average molecular weight is 249 g/mol. The molecule has 1 atom stereocenters. The normalized spacial score (nSPS) is 18.9. The minimum atomic E-state index is -1.11. The smallest absolute Gasteiger partial charge is 0.336 e. The Morgan fingerprint density at radius 1 is 1.28 bits per heavy atom. The number of carbonyl (C=O) groups is 2. The van der Waals surface area contributed by atoms with Crippen molar-refractivity contribution in [1.82, 2.24) is 4.90 Å². The Morgan fingerprint density at radius 3 is 2.56 bits per heavy atom. The van der Waals surface area contributed by atoms with Crippen molar-refractivity contribution in [1.29, 1.82) is 0 Å². The molecule has 1 amide bonds. The third-order valence-corrected chi connectivity index (χ3v) is 3.24. The molecule has 1 aliphatic heterocycles. The number of carbonyl (C=O) groups excluding carboxylic acids is 1. The number of benzene rings is 1. The summed E-state index contributed by atoms with van der Waals surface area (Å²) >= 11 is 0. The summed E-state index contributed by atoms with van der Waals surface area (Å²) < 4.78 is 0. The number of carboxylic acids is 1. The minimum absolute atomic E-state index is 0.00564. The van der Waals surface area contributed by atoms with Gasteiger partial charge in [-0.1, -0.05) is 12.1 Å². The van der Waals surface area contributed by atoms with Crippen molar-refractivity contribution in [3.8, 4) is 0 Å². The highest BCUT2D eigenvalue weighted by Crippen LogP contribution is 2.21. The lowest BCUT2D eigenvalue weighted by Gasteiger charge is -2.23. The van der Waals surface area contributed by atoms with Crippen LogP contribution in [0.1, 0.15) is 33.6 Å². The lowest BCUT2D eigenvalue weighted by molar-refractivity contribution is 0.0645. The highest BCUT2D eigenvalue weighted by Gasteiger charge is 2.30. The van der Waals surface area contributed by atoms with Crippen molar-refractivity contribution >= 4 is 11.9 Å². The van der Waals surface area contributed by atoms with E-state index >= 15 is 0 Å². The number of nitrogens with zero attached hydrogens (tertiary/aromatic N) is 1. The Hall–Kier alpha value is -1.88. The first kappa shape index (κ1) is 12.6. The number of aliphatic hydroxyl groups excluding tert-OH is 1. The number of likely N-dealkylation sites (tertiary alicyclic amines) is 1. The van der Waals surface area contributed by atoms with E-state index in [0.717, 1.165) is 12.8 Å². The van der Waals surface area contributed by atoms with Crippen LogP contribution in [0, 0.1) is 0 Å². The van der Waals surface area contributed by atoms with Crippen LogP contribution < -0.4 is 0 Å². The molecule has 5 heteroatoms. The van der Waals surface area contributed by atoms with E-state index < -0.39 is 5.97 Å². The molecular formula is C13H15NO4. The van der Waals surface area contributed by atoms with Crippen LogP contribution in [-0.2, 0) is 0 Å². The van der Waals surface area contributed by atoms with Gasteiger partial charge in [-0.05, 0) is 25.0 Å². The summed E-state index contributed by atoms with van der Waals surface area (Å²) in [4.78, 5) is 24.9. The van der Waals surface area contributed by atoms with Crippen molar-refractivity contribution in [2.75, 3.05) is 13.2 Å². The third-order valence-electron chi connectivity index (χ3n) is 3.24. The van der Waals surface area contributed by atoms with E-state index in [1.165, 1.54) is 12.1 Å². The molecule has 18 heavy (non-hydrogen) atoms. The van der Waals surface area contributed by atoms with E-state index in [9.17, 15) is 14.7 Å². The quantitative estimate of drug-likeness (QED) is 0.837. The number of aromatic carboxylic acids is 1. The molecule has 1 aliphatic rings. The number of rotatable bonds is 3. The predicted octanol–water partition coefficient (Wildman–Crippen LogP) is 0.982. The Balaban J connectivity index is 2.31. The van der Waals surface area contributed by atoms with Crippen LogP contribution in [0.3, 0.4) is 0 Å². The van der Waals surface area contributed by atoms with Gasteiger partial charge in [0.1, 0.15) is 0 Å². The van der Waals surface area contributed by atoms with E-state index in [1.807, 2.05) is 0 Å². The first-order chi connectivity index (χ1) is 8.65. The molecule has 0 spiro atoms. The van der Waals surface area contributed by atoms with Crippen molar-refractivity contribution in [3.63, 3.8) is 0 Å². The monoisotopic (exact) mass is 249 g/mol. The predicted molar refractivity (Wildman–Crippen MR) is 64.5 cm³/mol. The van der Waals surface area contributed by atoms with E-state index in [2.05, 4.69) is 0 Å². The van der Waals surface area contributed by atoms with E-state index in [0.29, 0.717) is 6.54 Å². The molecule has 2 rings (SSSR count). The lowest BCUT2D eigenvalue weighted by atomic mass is 10.1. The van der Waals surface area contributed by atoms with Gasteiger partial charge in [0.25, 0.3) is 5.91 Å². The van der Waals surface area contributed by atoms with Crippen LogP contribution in [0.5, 0.6) is 0 Å². The van der Waals surface area contributed by atoms with E-state index in [4.69, 9.17) is 5.11 Å². The van der Waals surface area contributed by atoms with Crippen LogP contribution in [-0.4, -0.2) is 46.2 Å². The second-order valence-corrected chi connectivity index (χ2v) is 4.33. The summed E-state index contributed by atoms with van der Waals surface area (Å²) in [6.07, 6.45) is 1.60. The second-order valence-electron chi connectivity index (χ2n) is 4.33. The van der Waals surface area contributed by atoms with Crippen LogP contribution in [0.4, 0.5) is 0 Å². The SMILES string of the molecule is O=C(O)c1ccccc1C(=O)N1CCCC1CO. The molecule has 0 bridgehead atoms. The summed E-state index contributed by atoms with van der Waals surface area (Å²) in [5.74, 6) is -1.43. The summed E-state index contributed by atoms with van der Waals surface area (Å²) in [6.45, 7) is 0.485. The molecule has 1 aromatic carbocycles. The number of carboxylic acid groups (broad SMARTS) is 1. The van der Waals surface area contributed by atoms with Crippen LogP contribution in [0.2, 0.25) is 0 Å². The molecule has 1 aromatic rings. The molecule has 0 saturated carbocycles.